The minimum atomic E-state index is -0.610. The maximum Gasteiger partial charge on any atom is 0.266 e. The number of fused-ring (bicyclic) bond motifs is 2. The number of carbonyl (C=O) groups excluding carboxylic acids is 1. The molecule has 3 heterocycles. The molecule has 3 N–H and O–H groups in total. The third-order valence-corrected chi connectivity index (χ3v) is 5.81. The summed E-state index contributed by atoms with van der Waals surface area (Å²) in [7, 11) is 0. The molecule has 3 aromatic heterocycles. The van der Waals surface area contributed by atoms with Crippen molar-refractivity contribution in [2.45, 2.75) is 26.3 Å². The standard InChI is InChI=1S/C25H23N7O2/c1-3-16-9-7-12-18-20(16)25(34)31(17-10-5-4-6-11-17)23(29-18)15(2)28-24(33)21-19-13-8-14-27-32(19)30-22(21)26/h4-15H,3H2,1-2H3,(H2,26,30)(H,28,33)/t15-/m0/s1. The first-order chi connectivity index (χ1) is 16.5. The van der Waals surface area contributed by atoms with Crippen LogP contribution in [0, 0.1) is 0 Å². The average molecular weight is 454 g/mol. The van der Waals surface area contributed by atoms with Crippen LogP contribution < -0.4 is 16.6 Å². The summed E-state index contributed by atoms with van der Waals surface area (Å²) in [5.74, 6) is 0.0608. The fourth-order valence-electron chi connectivity index (χ4n) is 4.20. The number of aromatic nitrogens is 5. The second-order valence-corrected chi connectivity index (χ2v) is 7.96. The number of aryl methyl sites for hydroxylation is 1. The monoisotopic (exact) mass is 453 g/mol. The van der Waals surface area contributed by atoms with Gasteiger partial charge in [0.1, 0.15) is 16.9 Å². The maximum absolute atomic E-state index is 13.7. The van der Waals surface area contributed by atoms with Gasteiger partial charge in [-0.2, -0.15) is 5.10 Å². The molecule has 9 heteroatoms. The Morgan fingerprint density at radius 3 is 2.65 bits per heavy atom. The zero-order valence-electron chi connectivity index (χ0n) is 18.8. The Labute approximate surface area is 194 Å². The third kappa shape index (κ3) is 3.47. The zero-order chi connectivity index (χ0) is 23.8. The maximum atomic E-state index is 13.7. The van der Waals surface area contributed by atoms with E-state index in [-0.39, 0.29) is 16.9 Å². The van der Waals surface area contributed by atoms with Crippen molar-refractivity contribution in [3.63, 3.8) is 0 Å². The summed E-state index contributed by atoms with van der Waals surface area (Å²) in [5.41, 5.74) is 8.74. The van der Waals surface area contributed by atoms with E-state index in [1.807, 2.05) is 55.5 Å². The van der Waals surface area contributed by atoms with Crippen molar-refractivity contribution in [2.75, 3.05) is 5.73 Å². The molecule has 5 aromatic rings. The van der Waals surface area contributed by atoms with Gasteiger partial charge in [0, 0.05) is 6.20 Å². The highest BCUT2D eigenvalue weighted by Crippen LogP contribution is 2.22. The Bertz CT molecular complexity index is 1590. The minimum absolute atomic E-state index is 0.0721. The quantitative estimate of drug-likeness (QED) is 0.422. The molecule has 0 radical (unpaired) electrons. The van der Waals surface area contributed by atoms with E-state index >= 15 is 0 Å². The average Bonchev–Trinajstić information content (AvgIpc) is 3.19. The van der Waals surface area contributed by atoms with Crippen molar-refractivity contribution in [1.82, 2.24) is 29.7 Å². The van der Waals surface area contributed by atoms with Gasteiger partial charge in [0.05, 0.1) is 22.6 Å². The fourth-order valence-corrected chi connectivity index (χ4v) is 4.20. The van der Waals surface area contributed by atoms with E-state index in [1.165, 1.54) is 4.63 Å². The van der Waals surface area contributed by atoms with Crippen LogP contribution in [0.25, 0.3) is 22.1 Å². The van der Waals surface area contributed by atoms with Crippen LogP contribution in [-0.4, -0.2) is 30.3 Å². The first kappa shape index (κ1) is 21.3. The Kier molecular flexibility index (Phi) is 5.29. The Hall–Kier alpha value is -4.53. The van der Waals surface area contributed by atoms with E-state index in [2.05, 4.69) is 15.5 Å². The molecule has 9 nitrogen and oxygen atoms in total. The number of anilines is 1. The molecular weight excluding hydrogens is 430 g/mol. The SMILES string of the molecule is CCc1cccc2nc([C@H](C)NC(=O)c3c(N)nn4ncccc34)n(-c3ccccc3)c(=O)c12. The Morgan fingerprint density at radius 2 is 1.88 bits per heavy atom. The normalized spacial score (nSPS) is 12.2. The first-order valence-corrected chi connectivity index (χ1v) is 11.0. The molecule has 34 heavy (non-hydrogen) atoms. The largest absolute Gasteiger partial charge is 0.381 e. The van der Waals surface area contributed by atoms with Crippen molar-refractivity contribution in [2.24, 2.45) is 0 Å². The van der Waals surface area contributed by atoms with Crippen LogP contribution in [0.5, 0.6) is 0 Å². The summed E-state index contributed by atoms with van der Waals surface area (Å²) >= 11 is 0. The van der Waals surface area contributed by atoms with Gasteiger partial charge >= 0.3 is 0 Å². The van der Waals surface area contributed by atoms with Crippen molar-refractivity contribution < 1.29 is 4.79 Å². The Morgan fingerprint density at radius 1 is 1.09 bits per heavy atom. The van der Waals surface area contributed by atoms with E-state index < -0.39 is 11.9 Å². The molecule has 170 valence electrons. The van der Waals surface area contributed by atoms with Crippen molar-refractivity contribution >= 4 is 28.1 Å². The molecule has 0 fully saturated rings. The van der Waals surface area contributed by atoms with Gasteiger partial charge in [0.25, 0.3) is 11.5 Å². The van der Waals surface area contributed by atoms with Gasteiger partial charge in [-0.15, -0.1) is 9.73 Å². The van der Waals surface area contributed by atoms with E-state index in [9.17, 15) is 9.59 Å². The summed E-state index contributed by atoms with van der Waals surface area (Å²) < 4.78 is 2.88. The molecule has 5 rings (SSSR count). The highest BCUT2D eigenvalue weighted by atomic mass is 16.2. The molecule has 0 aliphatic rings. The summed E-state index contributed by atoms with van der Waals surface area (Å²) in [6, 6.07) is 17.7. The molecule has 0 unspecified atom stereocenters. The molecule has 0 aliphatic heterocycles. The van der Waals surface area contributed by atoms with Crippen LogP contribution in [0.3, 0.4) is 0 Å². The van der Waals surface area contributed by atoms with E-state index in [0.29, 0.717) is 34.4 Å². The lowest BCUT2D eigenvalue weighted by Crippen LogP contribution is -2.33. The lowest BCUT2D eigenvalue weighted by Gasteiger charge is -2.20. The van der Waals surface area contributed by atoms with Gasteiger partial charge in [-0.05, 0) is 49.2 Å². The number of benzene rings is 2. The number of nitrogens with one attached hydrogen (secondary N) is 1. The van der Waals surface area contributed by atoms with Crippen LogP contribution in [0.2, 0.25) is 0 Å². The predicted molar refractivity (Wildman–Crippen MR) is 130 cm³/mol. The first-order valence-electron chi connectivity index (χ1n) is 11.0. The fraction of sp³-hybridized carbons (Fsp3) is 0.160. The highest BCUT2D eigenvalue weighted by Gasteiger charge is 2.24. The van der Waals surface area contributed by atoms with Crippen molar-refractivity contribution in [3.05, 3.63) is 94.2 Å². The molecule has 0 spiro atoms. The summed E-state index contributed by atoms with van der Waals surface area (Å²) in [6.45, 7) is 3.79. The number of nitrogens with two attached hydrogens (primary N) is 1. The smallest absolute Gasteiger partial charge is 0.266 e. The molecule has 0 aliphatic carbocycles. The molecular formula is C25H23N7O2. The molecule has 1 atom stereocenters. The van der Waals surface area contributed by atoms with Crippen LogP contribution in [0.4, 0.5) is 5.82 Å². The topological polar surface area (TPSA) is 120 Å². The van der Waals surface area contributed by atoms with E-state index in [4.69, 9.17) is 10.7 Å². The van der Waals surface area contributed by atoms with Crippen molar-refractivity contribution in [3.8, 4) is 5.69 Å². The number of rotatable bonds is 5. The lowest BCUT2D eigenvalue weighted by molar-refractivity contribution is 0.0940. The molecule has 0 saturated carbocycles. The van der Waals surface area contributed by atoms with Gasteiger partial charge in [-0.25, -0.2) is 4.98 Å². The molecule has 1 amide bonds. The number of hydrogen-bond donors (Lipinski definition) is 2. The summed E-state index contributed by atoms with van der Waals surface area (Å²) in [4.78, 5) is 31.8. The van der Waals surface area contributed by atoms with Gasteiger partial charge in [0.15, 0.2) is 5.82 Å². The number of para-hydroxylation sites is 1. The van der Waals surface area contributed by atoms with Crippen LogP contribution in [-0.2, 0) is 6.42 Å². The van der Waals surface area contributed by atoms with Gasteiger partial charge < -0.3 is 11.1 Å². The van der Waals surface area contributed by atoms with Gasteiger partial charge in [0.2, 0.25) is 0 Å². The second-order valence-electron chi connectivity index (χ2n) is 7.96. The molecule has 2 aromatic carbocycles. The van der Waals surface area contributed by atoms with E-state index in [1.54, 1.807) is 29.8 Å². The zero-order valence-corrected chi connectivity index (χ0v) is 18.8. The number of nitrogens with zero attached hydrogens (tertiary/aromatic N) is 5. The predicted octanol–water partition coefficient (Wildman–Crippen LogP) is 3.06. The highest BCUT2D eigenvalue weighted by molar-refractivity contribution is 6.05. The van der Waals surface area contributed by atoms with Crippen molar-refractivity contribution in [1.29, 1.82) is 0 Å². The number of nitrogen functional groups attached to an aromatic ring is 1. The van der Waals surface area contributed by atoms with Crippen LogP contribution in [0.1, 0.15) is 41.6 Å². The van der Waals surface area contributed by atoms with Gasteiger partial charge in [-0.3, -0.25) is 14.2 Å². The van der Waals surface area contributed by atoms with E-state index in [0.717, 1.165) is 5.56 Å². The van der Waals surface area contributed by atoms with Crippen LogP contribution in [0.15, 0.2) is 71.7 Å². The minimum Gasteiger partial charge on any atom is -0.381 e. The molecule has 0 saturated heterocycles. The number of amides is 1. The summed E-state index contributed by atoms with van der Waals surface area (Å²) in [6.07, 6.45) is 2.27. The van der Waals surface area contributed by atoms with Crippen LogP contribution >= 0.6 is 0 Å². The summed E-state index contributed by atoms with van der Waals surface area (Å²) in [5, 5.41) is 11.7. The lowest BCUT2D eigenvalue weighted by atomic mass is 10.1. The number of hydrogen-bond acceptors (Lipinski definition) is 6. The Balaban J connectivity index is 1.64. The number of carbonyl (C=O) groups is 1. The second kappa shape index (κ2) is 8.43. The molecule has 0 bridgehead atoms. The van der Waals surface area contributed by atoms with Gasteiger partial charge in [-0.1, -0.05) is 37.3 Å². The third-order valence-electron chi connectivity index (χ3n) is 5.81.